The van der Waals surface area contributed by atoms with Crippen LogP contribution in [0.25, 0.3) is 0 Å². The molecule has 104 valence electrons. The molecule has 0 aliphatic carbocycles. The first-order valence-electron chi connectivity index (χ1n) is 7.10. The van der Waals surface area contributed by atoms with Gasteiger partial charge in [0.2, 0.25) is 0 Å². The van der Waals surface area contributed by atoms with Gasteiger partial charge < -0.3 is 8.85 Å². The third-order valence-electron chi connectivity index (χ3n) is 3.42. The third-order valence-corrected chi connectivity index (χ3v) is 9.21. The van der Waals surface area contributed by atoms with E-state index in [4.69, 9.17) is 8.85 Å². The molecule has 0 aromatic rings. The summed E-state index contributed by atoms with van der Waals surface area (Å²) in [5, 5.41) is 0. The molecule has 0 spiro atoms. The molecular formula is C13H32O2Si2. The summed E-state index contributed by atoms with van der Waals surface area (Å²) in [6.45, 7) is 16.6. The smallest absolute Gasteiger partial charge is 0.191 e. The van der Waals surface area contributed by atoms with Gasteiger partial charge in [0.25, 0.3) is 0 Å². The standard InChI is InChI=1S/C13H32O2Si2/c1-8-17(9-2,10-3)14-12-11-13(4)15-16(5,6)7/h13H,8-12H2,1-7H3. The molecule has 0 saturated carbocycles. The summed E-state index contributed by atoms with van der Waals surface area (Å²) in [4.78, 5) is 0. The van der Waals surface area contributed by atoms with Gasteiger partial charge >= 0.3 is 0 Å². The first kappa shape index (κ1) is 17.4. The first-order chi connectivity index (χ1) is 7.78. The summed E-state index contributed by atoms with van der Waals surface area (Å²) in [7, 11) is -2.77. The van der Waals surface area contributed by atoms with Crippen molar-refractivity contribution in [2.24, 2.45) is 0 Å². The largest absolute Gasteiger partial charge is 0.417 e. The molecule has 2 nitrogen and oxygen atoms in total. The van der Waals surface area contributed by atoms with Gasteiger partial charge in [-0.1, -0.05) is 20.8 Å². The minimum atomic E-state index is -1.39. The molecule has 0 aliphatic rings. The van der Waals surface area contributed by atoms with E-state index >= 15 is 0 Å². The second-order valence-electron chi connectivity index (χ2n) is 5.92. The van der Waals surface area contributed by atoms with Crippen molar-refractivity contribution in [2.45, 2.75) is 78.0 Å². The molecule has 0 bridgehead atoms. The van der Waals surface area contributed by atoms with Gasteiger partial charge in [0.05, 0.1) is 0 Å². The fourth-order valence-corrected chi connectivity index (χ4v) is 6.15. The van der Waals surface area contributed by atoms with E-state index in [2.05, 4.69) is 47.3 Å². The molecule has 0 heterocycles. The Kier molecular flexibility index (Phi) is 7.88. The van der Waals surface area contributed by atoms with Crippen LogP contribution in [0.1, 0.15) is 34.1 Å². The lowest BCUT2D eigenvalue weighted by Crippen LogP contribution is -2.37. The summed E-state index contributed by atoms with van der Waals surface area (Å²) in [6, 6.07) is 3.72. The van der Waals surface area contributed by atoms with Crippen molar-refractivity contribution in [1.82, 2.24) is 0 Å². The maximum atomic E-state index is 6.24. The Balaban J connectivity index is 3.97. The second-order valence-corrected chi connectivity index (χ2v) is 15.2. The number of rotatable bonds is 9. The molecule has 0 aliphatic heterocycles. The number of hydrogen-bond acceptors (Lipinski definition) is 2. The van der Waals surface area contributed by atoms with Crippen molar-refractivity contribution in [3.8, 4) is 0 Å². The molecule has 1 unspecified atom stereocenters. The zero-order valence-electron chi connectivity index (χ0n) is 12.9. The highest BCUT2D eigenvalue weighted by atomic mass is 28.4. The maximum absolute atomic E-state index is 6.24. The van der Waals surface area contributed by atoms with Crippen molar-refractivity contribution >= 4 is 16.6 Å². The van der Waals surface area contributed by atoms with Crippen LogP contribution in [-0.4, -0.2) is 29.3 Å². The maximum Gasteiger partial charge on any atom is 0.191 e. The highest BCUT2D eigenvalue weighted by Gasteiger charge is 2.28. The predicted molar refractivity (Wildman–Crippen MR) is 81.7 cm³/mol. The molecule has 17 heavy (non-hydrogen) atoms. The van der Waals surface area contributed by atoms with Crippen LogP contribution >= 0.6 is 0 Å². The van der Waals surface area contributed by atoms with Gasteiger partial charge in [-0.2, -0.15) is 0 Å². The normalized spacial score (nSPS) is 15.0. The Bertz CT molecular complexity index is 190. The van der Waals surface area contributed by atoms with Crippen LogP contribution < -0.4 is 0 Å². The fourth-order valence-electron chi connectivity index (χ4n) is 2.16. The van der Waals surface area contributed by atoms with E-state index in [1.165, 1.54) is 18.1 Å². The Labute approximate surface area is 110 Å². The molecule has 0 rings (SSSR count). The zero-order valence-corrected chi connectivity index (χ0v) is 14.9. The summed E-state index contributed by atoms with van der Waals surface area (Å²) in [5.41, 5.74) is 0. The Hall–Kier alpha value is 0.354. The van der Waals surface area contributed by atoms with Crippen LogP contribution in [0.4, 0.5) is 0 Å². The van der Waals surface area contributed by atoms with Gasteiger partial charge in [-0.25, -0.2) is 0 Å². The third kappa shape index (κ3) is 7.39. The van der Waals surface area contributed by atoms with E-state index in [-0.39, 0.29) is 0 Å². The molecule has 0 aromatic carbocycles. The van der Waals surface area contributed by atoms with E-state index in [9.17, 15) is 0 Å². The van der Waals surface area contributed by atoms with E-state index in [0.717, 1.165) is 13.0 Å². The van der Waals surface area contributed by atoms with Crippen molar-refractivity contribution in [3.05, 3.63) is 0 Å². The molecule has 1 atom stereocenters. The van der Waals surface area contributed by atoms with Crippen LogP contribution in [0.15, 0.2) is 0 Å². The number of hydrogen-bond donors (Lipinski definition) is 0. The summed E-state index contributed by atoms with van der Waals surface area (Å²) < 4.78 is 12.3. The van der Waals surface area contributed by atoms with Crippen molar-refractivity contribution in [3.63, 3.8) is 0 Å². The Morgan fingerprint density at radius 3 is 1.76 bits per heavy atom. The van der Waals surface area contributed by atoms with Gasteiger partial charge in [-0.05, 0) is 51.1 Å². The monoisotopic (exact) mass is 276 g/mol. The summed E-state index contributed by atoms with van der Waals surface area (Å²) in [6.07, 6.45) is 1.39. The predicted octanol–water partition coefficient (Wildman–Crippen LogP) is 4.64. The molecule has 0 saturated heterocycles. The van der Waals surface area contributed by atoms with Gasteiger partial charge in [-0.15, -0.1) is 0 Å². The lowest BCUT2D eigenvalue weighted by molar-refractivity contribution is 0.167. The summed E-state index contributed by atoms with van der Waals surface area (Å²) >= 11 is 0. The van der Waals surface area contributed by atoms with Gasteiger partial charge in [0, 0.05) is 12.7 Å². The minimum absolute atomic E-state index is 0.346. The van der Waals surface area contributed by atoms with Gasteiger partial charge in [-0.3, -0.25) is 0 Å². The van der Waals surface area contributed by atoms with Gasteiger partial charge in [0.15, 0.2) is 16.6 Å². The molecule has 0 N–H and O–H groups in total. The zero-order chi connectivity index (χ0) is 13.5. The quantitative estimate of drug-likeness (QED) is 0.571. The Morgan fingerprint density at radius 1 is 0.941 bits per heavy atom. The van der Waals surface area contributed by atoms with Gasteiger partial charge in [0.1, 0.15) is 0 Å². The van der Waals surface area contributed by atoms with Crippen molar-refractivity contribution < 1.29 is 8.85 Å². The van der Waals surface area contributed by atoms with Crippen LogP contribution in [-0.2, 0) is 8.85 Å². The molecule has 0 fully saturated rings. The average Bonchev–Trinajstić information content (AvgIpc) is 2.22. The van der Waals surface area contributed by atoms with E-state index in [1.54, 1.807) is 0 Å². The SMILES string of the molecule is CC[Si](CC)(CC)OCCC(C)O[Si](C)(C)C. The fraction of sp³-hybridized carbons (Fsp3) is 1.00. The molecule has 0 radical (unpaired) electrons. The molecular weight excluding hydrogens is 244 g/mol. The first-order valence-corrected chi connectivity index (χ1v) is 13.0. The topological polar surface area (TPSA) is 18.5 Å². The van der Waals surface area contributed by atoms with Crippen LogP contribution in [0, 0.1) is 0 Å². The second kappa shape index (κ2) is 7.72. The minimum Gasteiger partial charge on any atom is -0.417 e. The highest BCUT2D eigenvalue weighted by Crippen LogP contribution is 2.22. The van der Waals surface area contributed by atoms with E-state index in [0.29, 0.717) is 6.10 Å². The van der Waals surface area contributed by atoms with Crippen molar-refractivity contribution in [2.75, 3.05) is 6.61 Å². The van der Waals surface area contributed by atoms with E-state index < -0.39 is 16.6 Å². The lowest BCUT2D eigenvalue weighted by Gasteiger charge is -2.29. The highest BCUT2D eigenvalue weighted by molar-refractivity contribution is 6.73. The van der Waals surface area contributed by atoms with E-state index in [1.807, 2.05) is 0 Å². The molecule has 0 aromatic heterocycles. The van der Waals surface area contributed by atoms with Crippen LogP contribution in [0.3, 0.4) is 0 Å². The Morgan fingerprint density at radius 2 is 1.41 bits per heavy atom. The van der Waals surface area contributed by atoms with Crippen LogP contribution in [0.5, 0.6) is 0 Å². The molecule has 0 amide bonds. The lowest BCUT2D eigenvalue weighted by atomic mass is 10.3. The average molecular weight is 277 g/mol. The summed E-state index contributed by atoms with van der Waals surface area (Å²) in [5.74, 6) is 0. The van der Waals surface area contributed by atoms with Crippen molar-refractivity contribution in [1.29, 1.82) is 0 Å². The molecule has 4 heteroatoms. The van der Waals surface area contributed by atoms with Crippen LogP contribution in [0.2, 0.25) is 37.8 Å².